The molecule has 0 spiro atoms. The number of carbonyl (C=O) groups excluding carboxylic acids is 1. The third kappa shape index (κ3) is 7.78. The molecule has 178 valence electrons. The number of aryl methyl sites for hydroxylation is 1. The number of benzene rings is 1. The first-order valence-electron chi connectivity index (χ1n) is 12.4. The van der Waals surface area contributed by atoms with Crippen molar-refractivity contribution in [3.05, 3.63) is 35.4 Å². The summed E-state index contributed by atoms with van der Waals surface area (Å²) in [4.78, 5) is 21.6. The van der Waals surface area contributed by atoms with E-state index in [2.05, 4.69) is 53.6 Å². The van der Waals surface area contributed by atoms with E-state index in [9.17, 15) is 4.79 Å². The second kappa shape index (κ2) is 13.4. The first-order chi connectivity index (χ1) is 15.7. The largest absolute Gasteiger partial charge is 0.379 e. The Morgan fingerprint density at radius 2 is 1.88 bits per heavy atom. The van der Waals surface area contributed by atoms with E-state index < -0.39 is 0 Å². The summed E-state index contributed by atoms with van der Waals surface area (Å²) >= 11 is 0. The number of likely N-dealkylation sites (tertiary alicyclic amines) is 1. The number of carbonyl (C=O) groups is 1. The number of morpholine rings is 1. The number of guanidine groups is 1. The number of ether oxygens (including phenoxy) is 1. The van der Waals surface area contributed by atoms with Crippen molar-refractivity contribution in [3.8, 4) is 0 Å². The van der Waals surface area contributed by atoms with E-state index in [1.165, 1.54) is 17.5 Å². The standard InChI is InChI=1S/C25H41N5O2/c1-3-26-25(27-13-7-15-30-14-6-4-5-8-24(30)31)28-20-23(29-16-18-32-19-17-29)22-11-9-21(2)10-12-22/h9-12,23H,3-8,13-20H2,1-2H3,(H2,26,27,28). The van der Waals surface area contributed by atoms with Crippen LogP contribution in [0.3, 0.4) is 0 Å². The monoisotopic (exact) mass is 443 g/mol. The average molecular weight is 444 g/mol. The highest BCUT2D eigenvalue weighted by Gasteiger charge is 2.22. The van der Waals surface area contributed by atoms with Gasteiger partial charge in [-0.15, -0.1) is 0 Å². The van der Waals surface area contributed by atoms with Crippen molar-refractivity contribution in [2.45, 2.75) is 52.0 Å². The van der Waals surface area contributed by atoms with Gasteiger partial charge >= 0.3 is 0 Å². The average Bonchev–Trinajstić information content (AvgIpc) is 3.02. The lowest BCUT2D eigenvalue weighted by Crippen LogP contribution is -2.42. The zero-order chi connectivity index (χ0) is 22.6. The van der Waals surface area contributed by atoms with Crippen LogP contribution in [0.1, 0.15) is 56.2 Å². The van der Waals surface area contributed by atoms with Gasteiger partial charge in [-0.05, 0) is 38.7 Å². The fourth-order valence-electron chi connectivity index (χ4n) is 4.38. The molecular weight excluding hydrogens is 402 g/mol. The van der Waals surface area contributed by atoms with Gasteiger partial charge in [-0.1, -0.05) is 36.2 Å². The first-order valence-corrected chi connectivity index (χ1v) is 12.4. The summed E-state index contributed by atoms with van der Waals surface area (Å²) in [7, 11) is 0. The molecule has 0 aromatic heterocycles. The third-order valence-corrected chi connectivity index (χ3v) is 6.28. The molecule has 3 rings (SSSR count). The second-order valence-electron chi connectivity index (χ2n) is 8.77. The molecule has 7 heteroatoms. The van der Waals surface area contributed by atoms with Crippen molar-refractivity contribution in [1.82, 2.24) is 20.4 Å². The molecule has 2 N–H and O–H groups in total. The van der Waals surface area contributed by atoms with Crippen LogP contribution in [0.2, 0.25) is 0 Å². The van der Waals surface area contributed by atoms with Gasteiger partial charge in [0.05, 0.1) is 25.8 Å². The molecule has 0 aliphatic carbocycles. The van der Waals surface area contributed by atoms with Crippen LogP contribution in [0, 0.1) is 6.92 Å². The summed E-state index contributed by atoms with van der Waals surface area (Å²) in [6.45, 7) is 11.7. The third-order valence-electron chi connectivity index (χ3n) is 6.28. The van der Waals surface area contributed by atoms with Crippen LogP contribution in [0.4, 0.5) is 0 Å². The van der Waals surface area contributed by atoms with Gasteiger partial charge in [-0.3, -0.25) is 14.7 Å². The number of rotatable bonds is 9. The lowest BCUT2D eigenvalue weighted by molar-refractivity contribution is -0.130. The van der Waals surface area contributed by atoms with E-state index in [4.69, 9.17) is 9.73 Å². The van der Waals surface area contributed by atoms with Crippen molar-refractivity contribution in [2.24, 2.45) is 4.99 Å². The Labute approximate surface area is 193 Å². The maximum Gasteiger partial charge on any atom is 0.222 e. The lowest BCUT2D eigenvalue weighted by Gasteiger charge is -2.34. The van der Waals surface area contributed by atoms with Crippen molar-refractivity contribution < 1.29 is 9.53 Å². The van der Waals surface area contributed by atoms with Gasteiger partial charge in [0.25, 0.3) is 0 Å². The summed E-state index contributed by atoms with van der Waals surface area (Å²) in [5.74, 6) is 1.16. The summed E-state index contributed by atoms with van der Waals surface area (Å²) in [6.07, 6.45) is 4.98. The smallest absolute Gasteiger partial charge is 0.222 e. The zero-order valence-electron chi connectivity index (χ0n) is 19.9. The maximum absolute atomic E-state index is 12.2. The second-order valence-corrected chi connectivity index (χ2v) is 8.77. The Bertz CT molecular complexity index is 716. The predicted octanol–water partition coefficient (Wildman–Crippen LogP) is 2.72. The SMILES string of the molecule is CCNC(=NCC(c1ccc(C)cc1)N1CCOCC1)NCCCN1CCCCCC1=O. The maximum atomic E-state index is 12.2. The highest BCUT2D eigenvalue weighted by atomic mass is 16.5. The van der Waals surface area contributed by atoms with E-state index in [1.807, 2.05) is 4.90 Å². The molecule has 1 atom stereocenters. The summed E-state index contributed by atoms with van der Waals surface area (Å²) in [5, 5.41) is 6.84. The molecule has 1 amide bonds. The Morgan fingerprint density at radius 1 is 1.09 bits per heavy atom. The van der Waals surface area contributed by atoms with Crippen molar-refractivity contribution in [2.75, 3.05) is 59.0 Å². The van der Waals surface area contributed by atoms with Gasteiger partial charge in [0, 0.05) is 45.7 Å². The van der Waals surface area contributed by atoms with Crippen LogP contribution >= 0.6 is 0 Å². The van der Waals surface area contributed by atoms with Gasteiger partial charge in [0.15, 0.2) is 5.96 Å². The molecule has 32 heavy (non-hydrogen) atoms. The van der Waals surface area contributed by atoms with Gasteiger partial charge in [-0.2, -0.15) is 0 Å². The van der Waals surface area contributed by atoms with Gasteiger partial charge in [0.1, 0.15) is 0 Å². The van der Waals surface area contributed by atoms with Crippen LogP contribution in [0.15, 0.2) is 29.3 Å². The molecular formula is C25H41N5O2. The number of nitrogens with one attached hydrogen (secondary N) is 2. The topological polar surface area (TPSA) is 69.2 Å². The van der Waals surface area contributed by atoms with Crippen molar-refractivity contribution in [1.29, 1.82) is 0 Å². The number of aliphatic imine (C=N–C) groups is 1. The number of nitrogens with zero attached hydrogens (tertiary/aromatic N) is 3. The lowest BCUT2D eigenvalue weighted by atomic mass is 10.0. The quantitative estimate of drug-likeness (QED) is 0.349. The Hall–Kier alpha value is -2.12. The van der Waals surface area contributed by atoms with E-state index in [0.717, 1.165) is 77.7 Å². The Balaban J connectivity index is 1.56. The molecule has 2 heterocycles. The molecule has 0 bridgehead atoms. The molecule has 1 unspecified atom stereocenters. The van der Waals surface area contributed by atoms with Crippen LogP contribution in [-0.4, -0.2) is 80.7 Å². The molecule has 2 aliphatic heterocycles. The molecule has 1 aromatic rings. The molecule has 2 fully saturated rings. The Morgan fingerprint density at radius 3 is 2.62 bits per heavy atom. The zero-order valence-corrected chi connectivity index (χ0v) is 19.9. The van der Waals surface area contributed by atoms with Crippen molar-refractivity contribution in [3.63, 3.8) is 0 Å². The highest BCUT2D eigenvalue weighted by Crippen LogP contribution is 2.23. The minimum atomic E-state index is 0.240. The number of amides is 1. The normalized spacial score (nSPS) is 19.5. The fourth-order valence-corrected chi connectivity index (χ4v) is 4.38. The summed E-state index contributed by atoms with van der Waals surface area (Å²) < 4.78 is 5.57. The van der Waals surface area contributed by atoms with E-state index in [0.29, 0.717) is 18.9 Å². The molecule has 2 saturated heterocycles. The van der Waals surface area contributed by atoms with Crippen LogP contribution in [0.5, 0.6) is 0 Å². The fraction of sp³-hybridized carbons (Fsp3) is 0.680. The van der Waals surface area contributed by atoms with Gasteiger partial charge < -0.3 is 20.3 Å². The van der Waals surface area contributed by atoms with E-state index in [-0.39, 0.29) is 6.04 Å². The van der Waals surface area contributed by atoms with Crippen molar-refractivity contribution >= 4 is 11.9 Å². The highest BCUT2D eigenvalue weighted by molar-refractivity contribution is 5.79. The molecule has 0 saturated carbocycles. The van der Waals surface area contributed by atoms with Gasteiger partial charge in [-0.25, -0.2) is 0 Å². The number of hydrogen-bond donors (Lipinski definition) is 2. The molecule has 0 radical (unpaired) electrons. The van der Waals surface area contributed by atoms with Crippen LogP contribution < -0.4 is 10.6 Å². The minimum Gasteiger partial charge on any atom is -0.379 e. The Kier molecular flexibility index (Phi) is 10.3. The van der Waals surface area contributed by atoms with E-state index >= 15 is 0 Å². The molecule has 1 aromatic carbocycles. The van der Waals surface area contributed by atoms with Gasteiger partial charge in [0.2, 0.25) is 5.91 Å². The van der Waals surface area contributed by atoms with Crippen LogP contribution in [0.25, 0.3) is 0 Å². The first kappa shape index (κ1) is 24.5. The van der Waals surface area contributed by atoms with E-state index in [1.54, 1.807) is 0 Å². The number of hydrogen-bond acceptors (Lipinski definition) is 4. The molecule has 2 aliphatic rings. The minimum absolute atomic E-state index is 0.240. The molecule has 7 nitrogen and oxygen atoms in total. The predicted molar refractivity (Wildman–Crippen MR) is 130 cm³/mol. The summed E-state index contributed by atoms with van der Waals surface area (Å²) in [6, 6.07) is 9.05. The summed E-state index contributed by atoms with van der Waals surface area (Å²) in [5.41, 5.74) is 2.58. The van der Waals surface area contributed by atoms with Crippen LogP contribution in [-0.2, 0) is 9.53 Å².